The average Bonchev–Trinajstić information content (AvgIpc) is 2.87. The lowest BCUT2D eigenvalue weighted by atomic mass is 10.2. The highest BCUT2D eigenvalue weighted by Crippen LogP contribution is 2.15. The van der Waals surface area contributed by atoms with Gasteiger partial charge >= 0.3 is 0 Å². The number of hydrogen-bond acceptors (Lipinski definition) is 2. The van der Waals surface area contributed by atoms with Crippen molar-refractivity contribution in [2.75, 3.05) is 32.7 Å². The Bertz CT molecular complexity index is 158. The average molecular weight is 196 g/mol. The lowest BCUT2D eigenvalue weighted by Gasteiger charge is -2.25. The maximum atomic E-state index is 2.66. The molecule has 0 aromatic carbocycles. The minimum atomic E-state index is 0.818. The molecule has 0 bridgehead atoms. The summed E-state index contributed by atoms with van der Waals surface area (Å²) < 4.78 is 0. The molecule has 0 aromatic rings. The monoisotopic (exact) mass is 196 g/mol. The van der Waals surface area contributed by atoms with E-state index in [0.29, 0.717) is 0 Å². The summed E-state index contributed by atoms with van der Waals surface area (Å²) in [5.41, 5.74) is 0. The van der Waals surface area contributed by atoms with Crippen molar-refractivity contribution in [1.82, 2.24) is 9.80 Å². The van der Waals surface area contributed by atoms with E-state index in [-0.39, 0.29) is 0 Å². The highest BCUT2D eigenvalue weighted by molar-refractivity contribution is 4.75. The Morgan fingerprint density at radius 1 is 0.929 bits per heavy atom. The molecule has 82 valence electrons. The van der Waals surface area contributed by atoms with Crippen LogP contribution in [0.3, 0.4) is 0 Å². The summed E-state index contributed by atoms with van der Waals surface area (Å²) in [5.74, 6) is 0. The Kier molecular flexibility index (Phi) is 3.82. The molecule has 2 saturated heterocycles. The number of hydrogen-bond donors (Lipinski definition) is 0. The molecule has 2 nitrogen and oxygen atoms in total. The fourth-order valence-electron chi connectivity index (χ4n) is 2.74. The first-order chi connectivity index (χ1) is 6.86. The smallest absolute Gasteiger partial charge is 0.00791 e. The van der Waals surface area contributed by atoms with E-state index in [1.807, 2.05) is 0 Å². The van der Waals surface area contributed by atoms with Gasteiger partial charge in [-0.3, -0.25) is 0 Å². The third-order valence-electron chi connectivity index (χ3n) is 3.83. The summed E-state index contributed by atoms with van der Waals surface area (Å²) in [5, 5.41) is 0. The lowest BCUT2D eigenvalue weighted by Crippen LogP contribution is -2.33. The topological polar surface area (TPSA) is 6.48 Å². The van der Waals surface area contributed by atoms with Gasteiger partial charge in [0, 0.05) is 6.04 Å². The van der Waals surface area contributed by atoms with Gasteiger partial charge < -0.3 is 9.80 Å². The molecule has 0 spiro atoms. The Balaban J connectivity index is 1.63. The molecule has 1 unspecified atom stereocenters. The van der Waals surface area contributed by atoms with Crippen LogP contribution in [0, 0.1) is 0 Å². The second-order valence-electron chi connectivity index (χ2n) is 4.93. The first kappa shape index (κ1) is 10.4. The molecule has 0 aliphatic carbocycles. The van der Waals surface area contributed by atoms with E-state index in [1.54, 1.807) is 0 Å². The Morgan fingerprint density at radius 2 is 1.50 bits per heavy atom. The predicted octanol–water partition coefficient (Wildman–Crippen LogP) is 1.96. The van der Waals surface area contributed by atoms with Crippen molar-refractivity contribution < 1.29 is 0 Å². The molecule has 2 aliphatic heterocycles. The lowest BCUT2D eigenvalue weighted by molar-refractivity contribution is 0.217. The molecule has 0 saturated carbocycles. The van der Waals surface area contributed by atoms with Crippen LogP contribution in [-0.2, 0) is 0 Å². The van der Waals surface area contributed by atoms with Gasteiger partial charge in [-0.15, -0.1) is 0 Å². The molecule has 0 N–H and O–H groups in total. The maximum Gasteiger partial charge on any atom is 0.00791 e. The molecule has 0 radical (unpaired) electrons. The van der Waals surface area contributed by atoms with Gasteiger partial charge in [0.15, 0.2) is 0 Å². The summed E-state index contributed by atoms with van der Waals surface area (Å²) in [7, 11) is 0. The zero-order chi connectivity index (χ0) is 9.80. The maximum absolute atomic E-state index is 2.66. The summed E-state index contributed by atoms with van der Waals surface area (Å²) in [6, 6.07) is 0.818. The van der Waals surface area contributed by atoms with Crippen molar-refractivity contribution in [2.24, 2.45) is 0 Å². The molecule has 0 aromatic heterocycles. The van der Waals surface area contributed by atoms with Gasteiger partial charge in [0.2, 0.25) is 0 Å². The van der Waals surface area contributed by atoms with Crippen molar-refractivity contribution in [1.29, 1.82) is 0 Å². The van der Waals surface area contributed by atoms with Gasteiger partial charge in [0.05, 0.1) is 0 Å². The molecule has 1 atom stereocenters. The molecule has 2 rings (SSSR count). The van der Waals surface area contributed by atoms with Crippen LogP contribution >= 0.6 is 0 Å². The SMILES string of the molecule is CC(CCN1CCCC1)N1CCCC1. The molecule has 0 amide bonds. The van der Waals surface area contributed by atoms with Crippen LogP contribution in [0.25, 0.3) is 0 Å². The molecule has 14 heavy (non-hydrogen) atoms. The van der Waals surface area contributed by atoms with E-state index >= 15 is 0 Å². The van der Waals surface area contributed by atoms with Crippen LogP contribution in [0.4, 0.5) is 0 Å². The third-order valence-corrected chi connectivity index (χ3v) is 3.83. The van der Waals surface area contributed by atoms with Crippen molar-refractivity contribution in [3.8, 4) is 0 Å². The molecular formula is C12H24N2. The zero-order valence-electron chi connectivity index (χ0n) is 9.54. The second-order valence-corrected chi connectivity index (χ2v) is 4.93. The number of likely N-dealkylation sites (tertiary alicyclic amines) is 2. The van der Waals surface area contributed by atoms with Crippen molar-refractivity contribution in [2.45, 2.75) is 45.1 Å². The van der Waals surface area contributed by atoms with Gasteiger partial charge in [0.25, 0.3) is 0 Å². The van der Waals surface area contributed by atoms with Gasteiger partial charge in [-0.1, -0.05) is 0 Å². The normalized spacial score (nSPS) is 27.2. The van der Waals surface area contributed by atoms with Crippen LogP contribution in [0.1, 0.15) is 39.0 Å². The van der Waals surface area contributed by atoms with E-state index in [0.717, 1.165) is 6.04 Å². The van der Waals surface area contributed by atoms with Crippen LogP contribution in [0.5, 0.6) is 0 Å². The molecular weight excluding hydrogens is 172 g/mol. The Hall–Kier alpha value is -0.0800. The zero-order valence-corrected chi connectivity index (χ0v) is 9.54. The van der Waals surface area contributed by atoms with E-state index < -0.39 is 0 Å². The van der Waals surface area contributed by atoms with E-state index in [9.17, 15) is 0 Å². The molecule has 2 heteroatoms. The van der Waals surface area contributed by atoms with Gasteiger partial charge in [-0.05, 0) is 71.8 Å². The largest absolute Gasteiger partial charge is 0.303 e. The molecule has 2 aliphatic rings. The number of nitrogens with zero attached hydrogens (tertiary/aromatic N) is 2. The fourth-order valence-corrected chi connectivity index (χ4v) is 2.74. The fraction of sp³-hybridized carbons (Fsp3) is 1.00. The Morgan fingerprint density at radius 3 is 2.14 bits per heavy atom. The van der Waals surface area contributed by atoms with E-state index in [2.05, 4.69) is 16.7 Å². The summed E-state index contributed by atoms with van der Waals surface area (Å²) in [6.07, 6.45) is 7.08. The third kappa shape index (κ3) is 2.71. The standard InChI is InChI=1S/C12H24N2/c1-12(14-9-4-5-10-14)6-11-13-7-2-3-8-13/h12H,2-11H2,1H3. The van der Waals surface area contributed by atoms with E-state index in [4.69, 9.17) is 0 Å². The van der Waals surface area contributed by atoms with Gasteiger partial charge in [0.1, 0.15) is 0 Å². The molecule has 2 heterocycles. The van der Waals surface area contributed by atoms with Gasteiger partial charge in [-0.25, -0.2) is 0 Å². The predicted molar refractivity (Wildman–Crippen MR) is 60.6 cm³/mol. The van der Waals surface area contributed by atoms with Crippen LogP contribution < -0.4 is 0 Å². The van der Waals surface area contributed by atoms with E-state index in [1.165, 1.54) is 64.8 Å². The second kappa shape index (κ2) is 5.13. The van der Waals surface area contributed by atoms with Gasteiger partial charge in [-0.2, -0.15) is 0 Å². The van der Waals surface area contributed by atoms with Crippen LogP contribution in [0.2, 0.25) is 0 Å². The highest BCUT2D eigenvalue weighted by Gasteiger charge is 2.19. The summed E-state index contributed by atoms with van der Waals surface area (Å²) >= 11 is 0. The minimum Gasteiger partial charge on any atom is -0.303 e. The first-order valence-electron chi connectivity index (χ1n) is 6.32. The van der Waals surface area contributed by atoms with Crippen molar-refractivity contribution in [3.05, 3.63) is 0 Å². The number of rotatable bonds is 4. The van der Waals surface area contributed by atoms with Crippen molar-refractivity contribution in [3.63, 3.8) is 0 Å². The Labute approximate surface area is 88.3 Å². The minimum absolute atomic E-state index is 0.818. The highest BCUT2D eigenvalue weighted by atomic mass is 15.2. The quantitative estimate of drug-likeness (QED) is 0.678. The summed E-state index contributed by atoms with van der Waals surface area (Å²) in [4.78, 5) is 5.29. The van der Waals surface area contributed by atoms with Crippen LogP contribution in [0.15, 0.2) is 0 Å². The molecule has 2 fully saturated rings. The van der Waals surface area contributed by atoms with Crippen LogP contribution in [-0.4, -0.2) is 48.6 Å². The first-order valence-corrected chi connectivity index (χ1v) is 6.32. The van der Waals surface area contributed by atoms with Crippen molar-refractivity contribution >= 4 is 0 Å². The summed E-state index contributed by atoms with van der Waals surface area (Å²) in [6.45, 7) is 9.14.